The SMILES string of the molecule is O=c1c2c([nH]n1-c1ccccc1F)CCNC2. The van der Waals surface area contributed by atoms with Crippen LogP contribution in [0.3, 0.4) is 0 Å². The number of aromatic amines is 1. The number of halogens is 1. The zero-order chi connectivity index (χ0) is 11.8. The van der Waals surface area contributed by atoms with Gasteiger partial charge in [0.2, 0.25) is 0 Å². The lowest BCUT2D eigenvalue weighted by atomic mass is 10.1. The summed E-state index contributed by atoms with van der Waals surface area (Å²) < 4.78 is 14.9. The Morgan fingerprint density at radius 1 is 1.29 bits per heavy atom. The Morgan fingerprint density at radius 3 is 2.88 bits per heavy atom. The van der Waals surface area contributed by atoms with Gasteiger partial charge >= 0.3 is 0 Å². The third-order valence-corrected chi connectivity index (χ3v) is 3.02. The fourth-order valence-corrected chi connectivity index (χ4v) is 2.14. The lowest BCUT2D eigenvalue weighted by Crippen LogP contribution is -2.27. The van der Waals surface area contributed by atoms with Crippen LogP contribution in [0.4, 0.5) is 4.39 Å². The summed E-state index contributed by atoms with van der Waals surface area (Å²) in [6, 6.07) is 6.25. The van der Waals surface area contributed by atoms with E-state index in [1.165, 1.54) is 10.7 Å². The number of hydrogen-bond donors (Lipinski definition) is 2. The fraction of sp³-hybridized carbons (Fsp3) is 0.250. The molecule has 0 atom stereocenters. The number of fused-ring (bicyclic) bond motifs is 1. The van der Waals surface area contributed by atoms with Crippen LogP contribution >= 0.6 is 0 Å². The number of benzene rings is 1. The Bertz CT molecular complexity index is 614. The van der Waals surface area contributed by atoms with Crippen molar-refractivity contribution in [1.82, 2.24) is 15.1 Å². The van der Waals surface area contributed by atoms with Crippen molar-refractivity contribution in [3.8, 4) is 5.69 Å². The Morgan fingerprint density at radius 2 is 2.12 bits per heavy atom. The molecular weight excluding hydrogens is 221 g/mol. The molecule has 0 spiro atoms. The summed E-state index contributed by atoms with van der Waals surface area (Å²) in [5.41, 5.74) is 1.71. The van der Waals surface area contributed by atoms with Gasteiger partial charge in [0.25, 0.3) is 5.56 Å². The second-order valence-corrected chi connectivity index (χ2v) is 4.09. The van der Waals surface area contributed by atoms with E-state index in [4.69, 9.17) is 0 Å². The highest BCUT2D eigenvalue weighted by atomic mass is 19.1. The highest BCUT2D eigenvalue weighted by molar-refractivity contribution is 5.35. The maximum Gasteiger partial charge on any atom is 0.276 e. The van der Waals surface area contributed by atoms with Gasteiger partial charge in [0.05, 0.1) is 5.56 Å². The lowest BCUT2D eigenvalue weighted by Gasteiger charge is -2.09. The van der Waals surface area contributed by atoms with Gasteiger partial charge in [0.1, 0.15) is 11.5 Å². The summed E-state index contributed by atoms with van der Waals surface area (Å²) >= 11 is 0. The molecule has 3 rings (SSSR count). The van der Waals surface area contributed by atoms with Crippen LogP contribution < -0.4 is 10.9 Å². The molecule has 0 bridgehead atoms. The van der Waals surface area contributed by atoms with Crippen LogP contribution in [-0.4, -0.2) is 16.3 Å². The van der Waals surface area contributed by atoms with E-state index in [0.29, 0.717) is 12.1 Å². The molecule has 0 radical (unpaired) electrons. The Labute approximate surface area is 97.1 Å². The van der Waals surface area contributed by atoms with Gasteiger partial charge in [-0.1, -0.05) is 12.1 Å². The van der Waals surface area contributed by atoms with E-state index in [0.717, 1.165) is 18.7 Å². The zero-order valence-corrected chi connectivity index (χ0v) is 9.16. The predicted molar refractivity (Wildman–Crippen MR) is 61.8 cm³/mol. The van der Waals surface area contributed by atoms with E-state index < -0.39 is 5.82 Å². The summed E-state index contributed by atoms with van der Waals surface area (Å²) in [6.07, 6.45) is 0.770. The largest absolute Gasteiger partial charge is 0.312 e. The predicted octanol–water partition coefficient (Wildman–Crippen LogP) is 0.950. The number of hydrogen-bond acceptors (Lipinski definition) is 2. The minimum Gasteiger partial charge on any atom is -0.312 e. The highest BCUT2D eigenvalue weighted by Gasteiger charge is 2.18. The number of nitrogens with zero attached hydrogens (tertiary/aromatic N) is 1. The normalized spacial score (nSPS) is 14.6. The van der Waals surface area contributed by atoms with Crippen LogP contribution in [0.15, 0.2) is 29.1 Å². The second-order valence-electron chi connectivity index (χ2n) is 4.09. The van der Waals surface area contributed by atoms with Gasteiger partial charge in [-0.15, -0.1) is 0 Å². The first-order valence-corrected chi connectivity index (χ1v) is 5.56. The van der Waals surface area contributed by atoms with Gasteiger partial charge in [-0.2, -0.15) is 0 Å². The first-order chi connectivity index (χ1) is 8.27. The molecular formula is C12H12FN3O. The monoisotopic (exact) mass is 233 g/mol. The number of rotatable bonds is 1. The molecule has 2 N–H and O–H groups in total. The van der Waals surface area contributed by atoms with Gasteiger partial charge in [0.15, 0.2) is 0 Å². The number of nitrogens with one attached hydrogen (secondary N) is 2. The van der Waals surface area contributed by atoms with Crippen LogP contribution in [0.25, 0.3) is 5.69 Å². The molecule has 1 aliphatic rings. The van der Waals surface area contributed by atoms with E-state index >= 15 is 0 Å². The summed E-state index contributed by atoms with van der Waals surface area (Å²) in [5, 5.41) is 6.12. The summed E-state index contributed by atoms with van der Waals surface area (Å²) in [5.74, 6) is -0.402. The topological polar surface area (TPSA) is 49.8 Å². The standard InChI is InChI=1S/C12H12FN3O/c13-9-3-1-2-4-11(9)16-12(17)8-7-14-6-5-10(8)15-16/h1-4,14-15H,5-7H2. The molecule has 1 aromatic heterocycles. The number of H-pyrrole nitrogens is 1. The van der Waals surface area contributed by atoms with Crippen molar-refractivity contribution in [2.45, 2.75) is 13.0 Å². The van der Waals surface area contributed by atoms with E-state index in [2.05, 4.69) is 10.4 Å². The van der Waals surface area contributed by atoms with Crippen LogP contribution in [-0.2, 0) is 13.0 Å². The second kappa shape index (κ2) is 3.85. The number of para-hydroxylation sites is 1. The minimum absolute atomic E-state index is 0.169. The molecule has 0 fully saturated rings. The van der Waals surface area contributed by atoms with Crippen molar-refractivity contribution in [3.05, 3.63) is 51.7 Å². The quantitative estimate of drug-likeness (QED) is 0.770. The van der Waals surface area contributed by atoms with E-state index in [9.17, 15) is 9.18 Å². The average Bonchev–Trinajstić information content (AvgIpc) is 2.68. The minimum atomic E-state index is -0.402. The average molecular weight is 233 g/mol. The third kappa shape index (κ3) is 1.59. The lowest BCUT2D eigenvalue weighted by molar-refractivity contribution is 0.606. The van der Waals surface area contributed by atoms with E-state index in [1.807, 2.05) is 0 Å². The maximum atomic E-state index is 13.6. The van der Waals surface area contributed by atoms with Crippen molar-refractivity contribution in [1.29, 1.82) is 0 Å². The molecule has 0 saturated carbocycles. The molecule has 88 valence electrons. The van der Waals surface area contributed by atoms with E-state index in [-0.39, 0.29) is 11.2 Å². The van der Waals surface area contributed by atoms with Crippen molar-refractivity contribution < 1.29 is 4.39 Å². The molecule has 0 amide bonds. The van der Waals surface area contributed by atoms with Crippen LogP contribution in [0.1, 0.15) is 11.3 Å². The molecule has 4 nitrogen and oxygen atoms in total. The summed E-state index contributed by atoms with van der Waals surface area (Å²) in [4.78, 5) is 12.1. The van der Waals surface area contributed by atoms with Gasteiger partial charge in [-0.05, 0) is 12.1 Å². The number of aromatic nitrogens is 2. The third-order valence-electron chi connectivity index (χ3n) is 3.02. The van der Waals surface area contributed by atoms with Gasteiger partial charge in [-0.3, -0.25) is 9.89 Å². The van der Waals surface area contributed by atoms with Crippen LogP contribution in [0, 0.1) is 5.82 Å². The highest BCUT2D eigenvalue weighted by Crippen LogP contribution is 2.13. The van der Waals surface area contributed by atoms with Crippen molar-refractivity contribution >= 4 is 0 Å². The van der Waals surface area contributed by atoms with Crippen LogP contribution in [0.5, 0.6) is 0 Å². The molecule has 2 aromatic rings. The van der Waals surface area contributed by atoms with Crippen LogP contribution in [0.2, 0.25) is 0 Å². The summed E-state index contributed by atoms with van der Waals surface area (Å²) in [7, 11) is 0. The molecule has 5 heteroatoms. The molecule has 0 unspecified atom stereocenters. The maximum absolute atomic E-state index is 13.6. The van der Waals surface area contributed by atoms with Crippen molar-refractivity contribution in [3.63, 3.8) is 0 Å². The first kappa shape index (κ1) is 10.3. The zero-order valence-electron chi connectivity index (χ0n) is 9.16. The van der Waals surface area contributed by atoms with Crippen molar-refractivity contribution in [2.75, 3.05) is 6.54 Å². The molecule has 0 saturated heterocycles. The Balaban J connectivity index is 2.20. The van der Waals surface area contributed by atoms with Gasteiger partial charge < -0.3 is 5.32 Å². The Hall–Kier alpha value is -1.88. The first-order valence-electron chi connectivity index (χ1n) is 5.56. The summed E-state index contributed by atoms with van der Waals surface area (Å²) in [6.45, 7) is 1.39. The molecule has 1 aromatic carbocycles. The van der Waals surface area contributed by atoms with Crippen molar-refractivity contribution in [2.24, 2.45) is 0 Å². The molecule has 1 aliphatic heterocycles. The Kier molecular flexibility index (Phi) is 2.33. The fourth-order valence-electron chi connectivity index (χ4n) is 2.14. The van der Waals surface area contributed by atoms with E-state index in [1.54, 1.807) is 18.2 Å². The van der Waals surface area contributed by atoms with Gasteiger partial charge in [0, 0.05) is 25.2 Å². The van der Waals surface area contributed by atoms with Gasteiger partial charge in [-0.25, -0.2) is 9.07 Å². The molecule has 2 heterocycles. The molecule has 0 aliphatic carbocycles. The molecule has 17 heavy (non-hydrogen) atoms. The smallest absolute Gasteiger partial charge is 0.276 e.